The van der Waals surface area contributed by atoms with E-state index in [1.54, 1.807) is 0 Å². The van der Waals surface area contributed by atoms with Gasteiger partial charge in [0.2, 0.25) is 0 Å². The summed E-state index contributed by atoms with van der Waals surface area (Å²) >= 11 is 0. The lowest BCUT2D eigenvalue weighted by molar-refractivity contribution is -0.0143. The van der Waals surface area contributed by atoms with Crippen LogP contribution in [0.2, 0.25) is 0 Å². The van der Waals surface area contributed by atoms with Crippen molar-refractivity contribution in [1.29, 1.82) is 0 Å². The second-order valence-electron chi connectivity index (χ2n) is 6.26. The average molecular weight is 213 g/mol. The lowest BCUT2D eigenvalue weighted by atomic mass is 9.76. The van der Waals surface area contributed by atoms with Crippen LogP contribution in [0.3, 0.4) is 0 Å². The molecule has 0 aliphatic heterocycles. The van der Waals surface area contributed by atoms with Crippen LogP contribution >= 0.6 is 0 Å². The van der Waals surface area contributed by atoms with E-state index in [0.29, 0.717) is 0 Å². The molecule has 0 heterocycles. The van der Waals surface area contributed by atoms with Crippen molar-refractivity contribution in [3.63, 3.8) is 0 Å². The van der Waals surface area contributed by atoms with Crippen LogP contribution < -0.4 is 5.73 Å². The summed E-state index contributed by atoms with van der Waals surface area (Å²) in [6.45, 7) is 9.41. The average Bonchev–Trinajstić information content (AvgIpc) is 2.09. The van der Waals surface area contributed by atoms with E-state index in [4.69, 9.17) is 10.5 Å². The summed E-state index contributed by atoms with van der Waals surface area (Å²) in [7, 11) is 0. The maximum absolute atomic E-state index is 6.37. The molecular weight excluding hydrogens is 186 g/mol. The molecule has 0 bridgehead atoms. The van der Waals surface area contributed by atoms with Gasteiger partial charge in [-0.2, -0.15) is 0 Å². The first-order valence-corrected chi connectivity index (χ1v) is 6.24. The van der Waals surface area contributed by atoms with Gasteiger partial charge < -0.3 is 10.5 Å². The molecule has 0 aromatic heterocycles. The third-order valence-corrected chi connectivity index (χ3v) is 3.41. The van der Waals surface area contributed by atoms with E-state index < -0.39 is 0 Å². The van der Waals surface area contributed by atoms with Crippen molar-refractivity contribution in [3.05, 3.63) is 0 Å². The Morgan fingerprint density at radius 1 is 1.27 bits per heavy atom. The fourth-order valence-corrected chi connectivity index (χ4v) is 2.15. The molecule has 0 atom stereocenters. The Labute approximate surface area is 94.6 Å². The minimum absolute atomic E-state index is 0.0294. The maximum Gasteiger partial charge on any atom is 0.0598 e. The van der Waals surface area contributed by atoms with Crippen LogP contribution in [0, 0.1) is 5.92 Å². The van der Waals surface area contributed by atoms with E-state index in [1.165, 1.54) is 25.7 Å². The number of hydrogen-bond acceptors (Lipinski definition) is 2. The van der Waals surface area contributed by atoms with Crippen LogP contribution in [0.4, 0.5) is 0 Å². The molecule has 0 spiro atoms. The first-order chi connectivity index (χ1) is 6.81. The van der Waals surface area contributed by atoms with Gasteiger partial charge in [0.15, 0.2) is 0 Å². The van der Waals surface area contributed by atoms with Crippen molar-refractivity contribution in [3.8, 4) is 0 Å². The molecule has 1 rings (SSSR count). The van der Waals surface area contributed by atoms with E-state index in [0.717, 1.165) is 18.9 Å². The summed E-state index contributed by atoms with van der Waals surface area (Å²) in [6.07, 6.45) is 5.92. The third-order valence-electron chi connectivity index (χ3n) is 3.41. The molecule has 0 aromatic rings. The van der Waals surface area contributed by atoms with Crippen molar-refractivity contribution in [2.24, 2.45) is 11.7 Å². The van der Waals surface area contributed by atoms with E-state index in [-0.39, 0.29) is 11.1 Å². The molecule has 2 N–H and O–H groups in total. The second-order valence-corrected chi connectivity index (χ2v) is 6.26. The van der Waals surface area contributed by atoms with Gasteiger partial charge >= 0.3 is 0 Å². The van der Waals surface area contributed by atoms with Crippen molar-refractivity contribution in [2.75, 3.05) is 6.61 Å². The van der Waals surface area contributed by atoms with Gasteiger partial charge in [-0.3, -0.25) is 0 Å². The minimum Gasteiger partial charge on any atom is -0.376 e. The number of nitrogens with two attached hydrogens (primary N) is 1. The van der Waals surface area contributed by atoms with Crippen molar-refractivity contribution < 1.29 is 4.74 Å². The molecule has 2 heteroatoms. The zero-order valence-corrected chi connectivity index (χ0v) is 10.8. The Hall–Kier alpha value is -0.0800. The Balaban J connectivity index is 2.25. The summed E-state index contributed by atoms with van der Waals surface area (Å²) in [5.41, 5.74) is 6.39. The molecule has 0 unspecified atom stereocenters. The van der Waals surface area contributed by atoms with Crippen LogP contribution in [0.5, 0.6) is 0 Å². The highest BCUT2D eigenvalue weighted by Crippen LogP contribution is 2.32. The molecule has 1 aliphatic carbocycles. The largest absolute Gasteiger partial charge is 0.376 e. The van der Waals surface area contributed by atoms with E-state index >= 15 is 0 Å². The lowest BCUT2D eigenvalue weighted by Gasteiger charge is -2.36. The van der Waals surface area contributed by atoms with Gasteiger partial charge in [0.1, 0.15) is 0 Å². The van der Waals surface area contributed by atoms with Crippen molar-refractivity contribution >= 4 is 0 Å². The molecule has 15 heavy (non-hydrogen) atoms. The lowest BCUT2D eigenvalue weighted by Crippen LogP contribution is -2.44. The second kappa shape index (κ2) is 4.84. The maximum atomic E-state index is 6.37. The first kappa shape index (κ1) is 13.0. The fourth-order valence-electron chi connectivity index (χ4n) is 2.15. The molecule has 0 aromatic carbocycles. The highest BCUT2D eigenvalue weighted by Gasteiger charge is 2.30. The highest BCUT2D eigenvalue weighted by molar-refractivity contribution is 4.88. The van der Waals surface area contributed by atoms with Crippen LogP contribution in [0.15, 0.2) is 0 Å². The van der Waals surface area contributed by atoms with Crippen molar-refractivity contribution in [2.45, 2.75) is 70.9 Å². The van der Waals surface area contributed by atoms with E-state index in [1.807, 2.05) is 0 Å². The molecule has 0 radical (unpaired) electrons. The van der Waals surface area contributed by atoms with E-state index in [2.05, 4.69) is 27.7 Å². The van der Waals surface area contributed by atoms with Gasteiger partial charge in [-0.05, 0) is 58.8 Å². The topological polar surface area (TPSA) is 35.2 Å². The number of hydrogen-bond donors (Lipinski definition) is 1. The van der Waals surface area contributed by atoms with Gasteiger partial charge in [-0.25, -0.2) is 0 Å². The predicted molar refractivity (Wildman–Crippen MR) is 64.9 cm³/mol. The van der Waals surface area contributed by atoms with Gasteiger partial charge in [0, 0.05) is 12.1 Å². The predicted octanol–water partition coefficient (Wildman–Crippen LogP) is 3.10. The van der Waals surface area contributed by atoms with Crippen molar-refractivity contribution in [1.82, 2.24) is 0 Å². The Morgan fingerprint density at radius 3 is 2.27 bits per heavy atom. The smallest absolute Gasteiger partial charge is 0.0598 e. The summed E-state index contributed by atoms with van der Waals surface area (Å²) in [5.74, 6) is 0.866. The minimum atomic E-state index is -0.0294. The van der Waals surface area contributed by atoms with Gasteiger partial charge in [-0.1, -0.05) is 6.92 Å². The fraction of sp³-hybridized carbons (Fsp3) is 1.00. The Morgan fingerprint density at radius 2 is 1.80 bits per heavy atom. The van der Waals surface area contributed by atoms with Crippen LogP contribution in [-0.2, 0) is 4.74 Å². The zero-order valence-electron chi connectivity index (χ0n) is 10.8. The Bertz CT molecular complexity index is 187. The summed E-state index contributed by atoms with van der Waals surface area (Å²) in [4.78, 5) is 0. The zero-order chi connectivity index (χ0) is 11.5. The molecule has 1 saturated carbocycles. The van der Waals surface area contributed by atoms with Gasteiger partial charge in [0.25, 0.3) is 0 Å². The molecule has 1 fully saturated rings. The quantitative estimate of drug-likeness (QED) is 0.782. The van der Waals surface area contributed by atoms with Crippen LogP contribution in [-0.4, -0.2) is 17.7 Å². The van der Waals surface area contributed by atoms with Gasteiger partial charge in [-0.15, -0.1) is 0 Å². The van der Waals surface area contributed by atoms with Crippen LogP contribution in [0.1, 0.15) is 59.8 Å². The number of ether oxygens (including phenoxy) is 1. The highest BCUT2D eigenvalue weighted by atomic mass is 16.5. The Kier molecular flexibility index (Phi) is 4.19. The third kappa shape index (κ3) is 4.98. The monoisotopic (exact) mass is 213 g/mol. The molecule has 0 amide bonds. The molecule has 90 valence electrons. The molecule has 1 aliphatic rings. The summed E-state index contributed by atoms with van der Waals surface area (Å²) in [6, 6.07) is 0. The standard InChI is InChI=1S/C13H27NO/c1-11-5-7-13(14,8-6-11)9-10-15-12(2,3)4/h11H,5-10,14H2,1-4H3. The molecule has 0 saturated heterocycles. The first-order valence-electron chi connectivity index (χ1n) is 6.24. The SMILES string of the molecule is CC1CCC(N)(CCOC(C)(C)C)CC1. The van der Waals surface area contributed by atoms with Crippen LogP contribution in [0.25, 0.3) is 0 Å². The molecular formula is C13H27NO. The van der Waals surface area contributed by atoms with Gasteiger partial charge in [0.05, 0.1) is 5.60 Å². The summed E-state index contributed by atoms with van der Waals surface area (Å²) in [5, 5.41) is 0. The normalized spacial score (nSPS) is 33.0. The summed E-state index contributed by atoms with van der Waals surface area (Å²) < 4.78 is 5.74. The number of rotatable bonds is 3. The molecule has 2 nitrogen and oxygen atoms in total. The van der Waals surface area contributed by atoms with E-state index in [9.17, 15) is 0 Å².